The van der Waals surface area contributed by atoms with Crippen LogP contribution in [0, 0.1) is 0 Å². The Bertz CT molecular complexity index is 1720. The molecule has 5 rings (SSSR count). The lowest BCUT2D eigenvalue weighted by Gasteiger charge is -2.17. The number of aromatic nitrogens is 6. The van der Waals surface area contributed by atoms with Crippen LogP contribution in [0.2, 0.25) is 5.02 Å². The lowest BCUT2D eigenvalue weighted by molar-refractivity contribution is -0.138. The number of imidazole rings is 1. The summed E-state index contributed by atoms with van der Waals surface area (Å²) < 4.78 is 12.2. The van der Waals surface area contributed by atoms with Gasteiger partial charge in [-0.2, -0.15) is 0 Å². The monoisotopic (exact) mass is 534 g/mol. The first-order valence-corrected chi connectivity index (χ1v) is 12.3. The number of H-pyrrole nitrogens is 1. The molecule has 3 aromatic heterocycles. The van der Waals surface area contributed by atoms with E-state index < -0.39 is 5.97 Å². The van der Waals surface area contributed by atoms with Gasteiger partial charge in [0.25, 0.3) is 5.56 Å². The van der Waals surface area contributed by atoms with Crippen LogP contribution in [0.4, 0.5) is 0 Å². The van der Waals surface area contributed by atoms with Crippen LogP contribution >= 0.6 is 23.4 Å². The van der Waals surface area contributed by atoms with Gasteiger partial charge in [-0.15, -0.1) is 0 Å². The van der Waals surface area contributed by atoms with Crippen LogP contribution in [0.5, 0.6) is 5.75 Å². The van der Waals surface area contributed by atoms with E-state index in [1.54, 1.807) is 42.7 Å². The Morgan fingerprint density at radius 1 is 1.24 bits per heavy atom. The molecule has 186 valence electrons. The van der Waals surface area contributed by atoms with Gasteiger partial charge in [0.2, 0.25) is 0 Å². The molecule has 0 radical (unpaired) electrons. The van der Waals surface area contributed by atoms with Crippen LogP contribution in [0.15, 0.2) is 71.5 Å². The maximum Gasteiger partial charge on any atom is 0.330 e. The fraction of sp³-hybridized carbons (Fsp3) is 0.120. The van der Waals surface area contributed by atoms with Crippen molar-refractivity contribution in [2.45, 2.75) is 17.4 Å². The number of hydrogen-bond donors (Lipinski definition) is 1. The highest BCUT2D eigenvalue weighted by atomic mass is 35.5. The van der Waals surface area contributed by atoms with Crippen molar-refractivity contribution in [2.75, 3.05) is 7.11 Å². The number of nitrogens with one attached hydrogen (secondary N) is 1. The second kappa shape index (κ2) is 10.4. The minimum atomic E-state index is -0.555. The van der Waals surface area contributed by atoms with E-state index >= 15 is 0 Å². The molecule has 10 nitrogen and oxygen atoms in total. The average molecular weight is 535 g/mol. The fourth-order valence-corrected chi connectivity index (χ4v) is 4.89. The van der Waals surface area contributed by atoms with Gasteiger partial charge in [0, 0.05) is 6.08 Å². The second-order valence-corrected chi connectivity index (χ2v) is 9.06. The Morgan fingerprint density at radius 2 is 2.11 bits per heavy atom. The number of esters is 1. The van der Waals surface area contributed by atoms with Gasteiger partial charge in [0.1, 0.15) is 35.1 Å². The Hall–Kier alpha value is -4.22. The molecule has 0 aliphatic carbocycles. The highest BCUT2D eigenvalue weighted by Crippen LogP contribution is 2.30. The quantitative estimate of drug-likeness (QED) is 0.135. The van der Waals surface area contributed by atoms with E-state index in [0.29, 0.717) is 44.5 Å². The molecular weight excluding hydrogens is 516 g/mol. The predicted octanol–water partition coefficient (Wildman–Crippen LogP) is 4.24. The van der Waals surface area contributed by atoms with Gasteiger partial charge in [-0.05, 0) is 29.8 Å². The van der Waals surface area contributed by atoms with Crippen molar-refractivity contribution in [2.24, 2.45) is 0 Å². The number of methoxy groups -OCH3 is 1. The number of nitrogens with zero attached hydrogens (tertiary/aromatic N) is 5. The van der Waals surface area contributed by atoms with Gasteiger partial charge in [-0.25, -0.2) is 24.7 Å². The lowest BCUT2D eigenvalue weighted by atomic mass is 10.1. The smallest absolute Gasteiger partial charge is 0.330 e. The molecular formula is C25H19ClN6O4S. The number of fused-ring (bicyclic) bond motifs is 2. The SMILES string of the molecule is C=CC(=O)OCc1ccc(OC)c(-n2c(CSc3ncnc4[nH]cnc34)nc3cccc(Cl)c3c2=O)c1. The number of carbonyl (C=O) groups is 1. The summed E-state index contributed by atoms with van der Waals surface area (Å²) in [6, 6.07) is 10.3. The van der Waals surface area contributed by atoms with E-state index in [4.69, 9.17) is 26.1 Å². The Balaban J connectivity index is 1.66. The second-order valence-electron chi connectivity index (χ2n) is 7.69. The summed E-state index contributed by atoms with van der Waals surface area (Å²) in [5.74, 6) is 0.582. The van der Waals surface area contributed by atoms with E-state index in [1.165, 1.54) is 29.8 Å². The molecule has 0 fully saturated rings. The first-order valence-electron chi connectivity index (χ1n) is 10.9. The summed E-state index contributed by atoms with van der Waals surface area (Å²) in [6.45, 7) is 3.39. The molecule has 3 heterocycles. The minimum Gasteiger partial charge on any atom is -0.495 e. The molecule has 0 atom stereocenters. The molecule has 0 amide bonds. The Labute approximate surface area is 219 Å². The molecule has 2 aromatic carbocycles. The summed E-state index contributed by atoms with van der Waals surface area (Å²) >= 11 is 7.78. The molecule has 0 saturated heterocycles. The van der Waals surface area contributed by atoms with Crippen LogP contribution in [-0.4, -0.2) is 42.6 Å². The third-order valence-electron chi connectivity index (χ3n) is 5.47. The predicted molar refractivity (Wildman–Crippen MR) is 140 cm³/mol. The van der Waals surface area contributed by atoms with E-state index in [9.17, 15) is 9.59 Å². The van der Waals surface area contributed by atoms with Crippen molar-refractivity contribution < 1.29 is 14.3 Å². The van der Waals surface area contributed by atoms with E-state index in [0.717, 1.165) is 6.08 Å². The Kier molecular flexibility index (Phi) is 6.89. The topological polar surface area (TPSA) is 125 Å². The van der Waals surface area contributed by atoms with Crippen molar-refractivity contribution >= 4 is 51.4 Å². The number of rotatable bonds is 8. The number of ether oxygens (including phenoxy) is 2. The van der Waals surface area contributed by atoms with Crippen molar-refractivity contribution in [1.82, 2.24) is 29.5 Å². The molecule has 0 spiro atoms. The molecule has 0 aliphatic rings. The van der Waals surface area contributed by atoms with Crippen molar-refractivity contribution in [3.63, 3.8) is 0 Å². The molecule has 0 unspecified atom stereocenters. The van der Waals surface area contributed by atoms with Crippen molar-refractivity contribution in [3.8, 4) is 11.4 Å². The van der Waals surface area contributed by atoms with Crippen LogP contribution < -0.4 is 10.3 Å². The summed E-state index contributed by atoms with van der Waals surface area (Å²) in [5, 5.41) is 1.20. The van der Waals surface area contributed by atoms with Crippen LogP contribution in [0.1, 0.15) is 11.4 Å². The third-order valence-corrected chi connectivity index (χ3v) is 6.76. The number of aromatic amines is 1. The third kappa shape index (κ3) is 4.78. The maximum absolute atomic E-state index is 13.9. The normalized spacial score (nSPS) is 11.1. The molecule has 1 N–H and O–H groups in total. The molecule has 37 heavy (non-hydrogen) atoms. The zero-order chi connectivity index (χ0) is 25.9. The number of hydrogen-bond acceptors (Lipinski definition) is 9. The van der Waals surface area contributed by atoms with Crippen LogP contribution in [-0.2, 0) is 21.9 Å². The molecule has 12 heteroatoms. The van der Waals surface area contributed by atoms with Gasteiger partial charge in [-0.3, -0.25) is 9.36 Å². The van der Waals surface area contributed by atoms with Gasteiger partial charge >= 0.3 is 5.97 Å². The molecule has 0 aliphatic heterocycles. The first kappa shape index (κ1) is 24.5. The van der Waals surface area contributed by atoms with E-state index in [-0.39, 0.29) is 28.3 Å². The number of carbonyl (C=O) groups excluding carboxylic acids is 1. The minimum absolute atomic E-state index is 0.0134. The van der Waals surface area contributed by atoms with Gasteiger partial charge in [0.15, 0.2) is 5.65 Å². The van der Waals surface area contributed by atoms with Gasteiger partial charge in [0.05, 0.1) is 40.8 Å². The Morgan fingerprint density at radius 3 is 2.92 bits per heavy atom. The largest absolute Gasteiger partial charge is 0.495 e. The highest BCUT2D eigenvalue weighted by Gasteiger charge is 2.19. The van der Waals surface area contributed by atoms with Crippen LogP contribution in [0.25, 0.3) is 27.8 Å². The first-order chi connectivity index (χ1) is 18.0. The summed E-state index contributed by atoms with van der Waals surface area (Å²) in [4.78, 5) is 46.0. The van der Waals surface area contributed by atoms with E-state index in [1.807, 2.05) is 0 Å². The van der Waals surface area contributed by atoms with Crippen molar-refractivity contribution in [1.29, 1.82) is 0 Å². The summed E-state index contributed by atoms with van der Waals surface area (Å²) in [6.07, 6.45) is 4.08. The standard InChI is InChI=1S/C25H19ClN6O4S/c1-3-20(33)36-10-14-7-8-18(35-2)17(9-14)32-19(31-16-6-4-5-15(26)21(16)25(32)34)11-37-24-22-23(28-12-27-22)29-13-30-24/h3-9,12-13H,1,10-11H2,2H3,(H,27,28,29,30). The molecule has 0 bridgehead atoms. The summed E-state index contributed by atoms with van der Waals surface area (Å²) in [5.41, 5.74) is 2.40. The van der Waals surface area contributed by atoms with Gasteiger partial charge < -0.3 is 14.5 Å². The fourth-order valence-electron chi connectivity index (χ4n) is 3.78. The molecule has 0 saturated carbocycles. The zero-order valence-corrected chi connectivity index (χ0v) is 21.0. The number of halogens is 1. The maximum atomic E-state index is 13.9. The lowest BCUT2D eigenvalue weighted by Crippen LogP contribution is -2.24. The highest BCUT2D eigenvalue weighted by molar-refractivity contribution is 7.98. The van der Waals surface area contributed by atoms with Crippen molar-refractivity contribution in [3.05, 3.63) is 88.5 Å². The molecule has 5 aromatic rings. The number of thioether (sulfide) groups is 1. The number of benzene rings is 2. The zero-order valence-electron chi connectivity index (χ0n) is 19.5. The van der Waals surface area contributed by atoms with Crippen LogP contribution in [0.3, 0.4) is 0 Å². The van der Waals surface area contributed by atoms with E-state index in [2.05, 4.69) is 26.5 Å². The van der Waals surface area contributed by atoms with Gasteiger partial charge in [-0.1, -0.05) is 42.1 Å². The summed E-state index contributed by atoms with van der Waals surface area (Å²) in [7, 11) is 1.51. The average Bonchev–Trinajstić information content (AvgIpc) is 3.40.